The van der Waals surface area contributed by atoms with Gasteiger partial charge < -0.3 is 26.0 Å². The number of Topliss-reactive ketones (excluding diaryl/α,β-unsaturated/α-hetero) is 1. The number of benzene rings is 1. The van der Waals surface area contributed by atoms with Crippen LogP contribution in [0, 0.1) is 17.7 Å². The Kier molecular flexibility index (Phi) is 8.11. The van der Waals surface area contributed by atoms with Crippen LogP contribution >= 0.6 is 0 Å². The third-order valence-electron chi connectivity index (χ3n) is 6.67. The van der Waals surface area contributed by atoms with E-state index in [0.717, 1.165) is 12.1 Å². The van der Waals surface area contributed by atoms with Gasteiger partial charge in [0.15, 0.2) is 5.78 Å². The quantitative estimate of drug-likeness (QED) is 0.282. The maximum atomic E-state index is 13.2. The summed E-state index contributed by atoms with van der Waals surface area (Å²) >= 11 is 0. The first-order valence-corrected chi connectivity index (χ1v) is 11.8. The highest BCUT2D eigenvalue weighted by Gasteiger charge is 2.61. The van der Waals surface area contributed by atoms with Gasteiger partial charge in [0.1, 0.15) is 17.4 Å². The lowest BCUT2D eigenvalue weighted by Gasteiger charge is -2.26. The van der Waals surface area contributed by atoms with Crippen molar-refractivity contribution >= 4 is 29.6 Å². The molecule has 11 heteroatoms. The number of urea groups is 1. The summed E-state index contributed by atoms with van der Waals surface area (Å²) in [4.78, 5) is 63.8. The number of carboxylic acid groups (broad SMARTS) is 1. The third kappa shape index (κ3) is 5.72. The standard InChI is InChI=1S/C25H31FN4O6/c1-4-16-12-25(16,23(34)35)29-22(33)18-6-5-11-30(18)19(31)13-27-24(36)28-20(14(2)3)21(32)15-7-9-17(26)10-8-15/h4,7-10,14,16,18,20H,1,5-6,11-13H2,2-3H3,(H,29,33)(H,34,35)(H2,27,28,36)/t16?,18?,20-,25+/m0/s1. The van der Waals surface area contributed by atoms with Crippen LogP contribution in [0.15, 0.2) is 36.9 Å². The van der Waals surface area contributed by atoms with Gasteiger partial charge in [0, 0.05) is 18.0 Å². The van der Waals surface area contributed by atoms with Crippen molar-refractivity contribution in [2.24, 2.45) is 11.8 Å². The lowest BCUT2D eigenvalue weighted by Crippen LogP contribution is -2.55. The molecule has 194 valence electrons. The van der Waals surface area contributed by atoms with Gasteiger partial charge in [0.25, 0.3) is 0 Å². The van der Waals surface area contributed by atoms with Crippen LogP contribution in [0.25, 0.3) is 0 Å². The summed E-state index contributed by atoms with van der Waals surface area (Å²) < 4.78 is 13.2. The molecule has 0 aromatic heterocycles. The van der Waals surface area contributed by atoms with Gasteiger partial charge in [-0.05, 0) is 49.4 Å². The summed E-state index contributed by atoms with van der Waals surface area (Å²) in [5.41, 5.74) is -1.15. The van der Waals surface area contributed by atoms with Crippen molar-refractivity contribution in [2.75, 3.05) is 13.1 Å². The lowest BCUT2D eigenvalue weighted by molar-refractivity contribution is -0.145. The Labute approximate surface area is 208 Å². The average Bonchev–Trinajstić information content (AvgIpc) is 3.33. The number of aliphatic carboxylic acids is 1. The highest BCUT2D eigenvalue weighted by atomic mass is 19.1. The highest BCUT2D eigenvalue weighted by molar-refractivity contribution is 6.02. The van der Waals surface area contributed by atoms with E-state index in [4.69, 9.17) is 0 Å². The molecule has 1 saturated carbocycles. The maximum Gasteiger partial charge on any atom is 0.330 e. The van der Waals surface area contributed by atoms with Crippen LogP contribution < -0.4 is 16.0 Å². The van der Waals surface area contributed by atoms with E-state index in [1.54, 1.807) is 13.8 Å². The van der Waals surface area contributed by atoms with Gasteiger partial charge in [0.2, 0.25) is 11.8 Å². The number of likely N-dealkylation sites (tertiary alicyclic amines) is 1. The first kappa shape index (κ1) is 26.8. The van der Waals surface area contributed by atoms with Crippen molar-refractivity contribution in [2.45, 2.75) is 50.7 Å². The zero-order valence-electron chi connectivity index (χ0n) is 20.3. The number of nitrogens with one attached hydrogen (secondary N) is 3. The van der Waals surface area contributed by atoms with Crippen molar-refractivity contribution in [3.8, 4) is 0 Å². The fraction of sp³-hybridized carbons (Fsp3) is 0.480. The Morgan fingerprint density at radius 2 is 1.89 bits per heavy atom. The number of rotatable bonds is 10. The average molecular weight is 503 g/mol. The Balaban J connectivity index is 1.56. The van der Waals surface area contributed by atoms with Crippen molar-refractivity contribution in [3.63, 3.8) is 0 Å². The molecule has 1 aromatic carbocycles. The monoisotopic (exact) mass is 502 g/mol. The second-order valence-electron chi connectivity index (χ2n) is 9.48. The molecule has 1 saturated heterocycles. The van der Waals surface area contributed by atoms with Crippen LogP contribution in [0.3, 0.4) is 0 Å². The lowest BCUT2D eigenvalue weighted by atomic mass is 9.95. The molecule has 4 atom stereocenters. The van der Waals surface area contributed by atoms with Crippen LogP contribution in [-0.4, -0.2) is 70.3 Å². The normalized spacial score (nSPS) is 23.5. The summed E-state index contributed by atoms with van der Waals surface area (Å²) in [7, 11) is 0. The van der Waals surface area contributed by atoms with E-state index >= 15 is 0 Å². The Morgan fingerprint density at radius 3 is 2.44 bits per heavy atom. The predicted molar refractivity (Wildman–Crippen MR) is 127 cm³/mol. The number of carbonyl (C=O) groups is 5. The van der Waals surface area contributed by atoms with E-state index in [1.807, 2.05) is 0 Å². The number of ketones is 1. The minimum absolute atomic E-state index is 0.242. The number of amides is 4. The first-order valence-electron chi connectivity index (χ1n) is 11.8. The molecule has 0 radical (unpaired) electrons. The maximum absolute atomic E-state index is 13.2. The topological polar surface area (TPSA) is 145 Å². The minimum Gasteiger partial charge on any atom is -0.479 e. The molecule has 1 aliphatic heterocycles. The largest absolute Gasteiger partial charge is 0.479 e. The molecule has 4 amide bonds. The van der Waals surface area contributed by atoms with Gasteiger partial charge in [-0.15, -0.1) is 6.58 Å². The van der Waals surface area contributed by atoms with Gasteiger partial charge in [-0.1, -0.05) is 19.9 Å². The van der Waals surface area contributed by atoms with Crippen LogP contribution in [0.1, 0.15) is 43.5 Å². The van der Waals surface area contributed by atoms with E-state index in [1.165, 1.54) is 23.1 Å². The molecule has 36 heavy (non-hydrogen) atoms. The van der Waals surface area contributed by atoms with E-state index in [9.17, 15) is 33.5 Å². The van der Waals surface area contributed by atoms with Gasteiger partial charge in [-0.2, -0.15) is 0 Å². The molecule has 3 rings (SSSR count). The fourth-order valence-electron chi connectivity index (χ4n) is 4.43. The summed E-state index contributed by atoms with van der Waals surface area (Å²) in [5.74, 6) is -3.74. The van der Waals surface area contributed by atoms with Gasteiger partial charge in [-0.3, -0.25) is 14.4 Å². The van der Waals surface area contributed by atoms with Crippen LogP contribution in [0.2, 0.25) is 0 Å². The second kappa shape index (κ2) is 10.9. The summed E-state index contributed by atoms with van der Waals surface area (Å²) in [6.07, 6.45) is 2.66. The van der Waals surface area contributed by atoms with Crippen molar-refractivity contribution in [1.82, 2.24) is 20.9 Å². The van der Waals surface area contributed by atoms with E-state index in [0.29, 0.717) is 19.4 Å². The molecule has 10 nitrogen and oxygen atoms in total. The molecule has 2 aliphatic rings. The van der Waals surface area contributed by atoms with Gasteiger partial charge in [-0.25, -0.2) is 14.0 Å². The van der Waals surface area contributed by atoms with E-state index in [2.05, 4.69) is 22.5 Å². The number of nitrogens with zero attached hydrogens (tertiary/aromatic N) is 1. The van der Waals surface area contributed by atoms with E-state index < -0.39 is 59.6 Å². The highest BCUT2D eigenvalue weighted by Crippen LogP contribution is 2.44. The minimum atomic E-state index is -1.39. The Morgan fingerprint density at radius 1 is 1.22 bits per heavy atom. The fourth-order valence-corrected chi connectivity index (χ4v) is 4.43. The summed E-state index contributed by atoms with van der Waals surface area (Å²) in [6.45, 7) is 6.96. The number of hydrogen-bond donors (Lipinski definition) is 4. The second-order valence-corrected chi connectivity index (χ2v) is 9.48. The Bertz CT molecular complexity index is 1060. The number of carbonyl (C=O) groups excluding carboxylic acids is 4. The molecular weight excluding hydrogens is 471 g/mol. The number of halogens is 1. The third-order valence-corrected chi connectivity index (χ3v) is 6.67. The zero-order valence-corrected chi connectivity index (χ0v) is 20.3. The molecule has 1 heterocycles. The van der Waals surface area contributed by atoms with Crippen LogP contribution in [-0.2, 0) is 14.4 Å². The van der Waals surface area contributed by atoms with Crippen molar-refractivity contribution in [3.05, 3.63) is 48.3 Å². The molecular formula is C25H31FN4O6. The van der Waals surface area contributed by atoms with Crippen LogP contribution in [0.5, 0.6) is 0 Å². The predicted octanol–water partition coefficient (Wildman–Crippen LogP) is 1.47. The summed E-state index contributed by atoms with van der Waals surface area (Å²) in [5, 5.41) is 17.1. The zero-order chi connectivity index (χ0) is 26.6. The van der Waals surface area contributed by atoms with Crippen molar-refractivity contribution < 1.29 is 33.5 Å². The summed E-state index contributed by atoms with van der Waals surface area (Å²) in [6, 6.07) is 2.50. The molecule has 4 N–H and O–H groups in total. The van der Waals surface area contributed by atoms with E-state index in [-0.39, 0.29) is 23.8 Å². The smallest absolute Gasteiger partial charge is 0.330 e. The van der Waals surface area contributed by atoms with Crippen molar-refractivity contribution in [1.29, 1.82) is 0 Å². The molecule has 2 fully saturated rings. The van der Waals surface area contributed by atoms with Gasteiger partial charge in [0.05, 0.1) is 12.6 Å². The number of hydrogen-bond acceptors (Lipinski definition) is 5. The number of carboxylic acids is 1. The molecule has 0 bridgehead atoms. The molecule has 2 unspecified atom stereocenters. The first-order chi connectivity index (χ1) is 17.0. The SMILES string of the molecule is C=CC1C[C@]1(NC(=O)C1CCCN1C(=O)CNC(=O)N[C@H](C(=O)c1ccc(F)cc1)C(C)C)C(=O)O. The molecule has 1 aromatic rings. The van der Waals surface area contributed by atoms with Gasteiger partial charge >= 0.3 is 12.0 Å². The Hall–Kier alpha value is -3.76. The van der Waals surface area contributed by atoms with Crippen LogP contribution in [0.4, 0.5) is 9.18 Å². The molecule has 0 spiro atoms. The molecule has 1 aliphatic carbocycles.